The van der Waals surface area contributed by atoms with Crippen LogP contribution in [0.15, 0.2) is 71.2 Å². The first-order chi connectivity index (χ1) is 11.6. The van der Waals surface area contributed by atoms with E-state index < -0.39 is 0 Å². The number of halogens is 1. The van der Waals surface area contributed by atoms with Crippen LogP contribution in [0.4, 0.5) is 5.69 Å². The number of nitrogens with zero attached hydrogens (tertiary/aromatic N) is 1. The topological polar surface area (TPSA) is 54.5 Å². The van der Waals surface area contributed by atoms with Crippen molar-refractivity contribution in [2.24, 2.45) is 0 Å². The number of allylic oxidation sites excluding steroid dienone is 1. The van der Waals surface area contributed by atoms with Crippen LogP contribution in [0.1, 0.15) is 15.9 Å². The van der Waals surface area contributed by atoms with Gasteiger partial charge in [0.15, 0.2) is 5.78 Å². The summed E-state index contributed by atoms with van der Waals surface area (Å²) >= 11 is 3.42. The Morgan fingerprint density at radius 1 is 0.917 bits per heavy atom. The summed E-state index contributed by atoms with van der Waals surface area (Å²) in [5.41, 5.74) is 1.83. The number of carbonyl (C=O) groups excluding carboxylic acids is 3. The van der Waals surface area contributed by atoms with E-state index in [1.807, 2.05) is 24.3 Å². The number of rotatable bonds is 4. The van der Waals surface area contributed by atoms with Crippen molar-refractivity contribution in [1.29, 1.82) is 0 Å². The van der Waals surface area contributed by atoms with Gasteiger partial charge in [-0.05, 0) is 48.0 Å². The second kappa shape index (κ2) is 6.76. The molecule has 0 aliphatic carbocycles. The molecule has 0 atom stereocenters. The standard InChI is InChI=1S/C19H12BrNO3/c20-16-4-2-1-3-13(16)7-10-17(22)14-5-8-15(9-6-14)21-18(23)11-12-19(21)24/h1-12H/b10-7+. The fourth-order valence-electron chi connectivity index (χ4n) is 2.30. The number of benzene rings is 2. The zero-order valence-corrected chi connectivity index (χ0v) is 14.1. The van der Waals surface area contributed by atoms with Crippen molar-refractivity contribution >= 4 is 45.3 Å². The zero-order valence-electron chi connectivity index (χ0n) is 12.5. The van der Waals surface area contributed by atoms with Crippen LogP contribution >= 0.6 is 15.9 Å². The predicted molar refractivity (Wildman–Crippen MR) is 95.6 cm³/mol. The zero-order chi connectivity index (χ0) is 17.1. The first-order valence-corrected chi connectivity index (χ1v) is 7.99. The number of carbonyl (C=O) groups is 3. The Balaban J connectivity index is 1.76. The fourth-order valence-corrected chi connectivity index (χ4v) is 2.72. The van der Waals surface area contributed by atoms with E-state index in [1.54, 1.807) is 30.3 Å². The van der Waals surface area contributed by atoms with Gasteiger partial charge in [-0.2, -0.15) is 0 Å². The molecule has 0 spiro atoms. The van der Waals surface area contributed by atoms with Gasteiger partial charge in [-0.25, -0.2) is 4.90 Å². The molecule has 0 saturated heterocycles. The van der Waals surface area contributed by atoms with Crippen molar-refractivity contribution in [2.75, 3.05) is 4.90 Å². The molecule has 0 aromatic heterocycles. The number of ketones is 1. The molecule has 0 unspecified atom stereocenters. The third kappa shape index (κ3) is 3.26. The smallest absolute Gasteiger partial charge is 0.258 e. The molecule has 3 rings (SSSR count). The van der Waals surface area contributed by atoms with Crippen LogP contribution in [0.2, 0.25) is 0 Å². The Hall–Kier alpha value is -2.79. The molecule has 24 heavy (non-hydrogen) atoms. The maximum atomic E-state index is 12.2. The van der Waals surface area contributed by atoms with E-state index in [4.69, 9.17) is 0 Å². The van der Waals surface area contributed by atoms with Gasteiger partial charge in [-0.1, -0.05) is 34.1 Å². The molecule has 1 heterocycles. The van der Waals surface area contributed by atoms with Gasteiger partial charge >= 0.3 is 0 Å². The maximum absolute atomic E-state index is 12.2. The molecule has 1 aliphatic heterocycles. The van der Waals surface area contributed by atoms with Gasteiger partial charge in [0.25, 0.3) is 11.8 Å². The summed E-state index contributed by atoms with van der Waals surface area (Å²) in [5, 5.41) is 0. The molecule has 0 fully saturated rings. The minimum Gasteiger partial charge on any atom is -0.289 e. The second-order valence-corrected chi connectivity index (χ2v) is 5.97. The quantitative estimate of drug-likeness (QED) is 0.460. The van der Waals surface area contributed by atoms with Crippen molar-refractivity contribution in [3.05, 3.63) is 82.4 Å². The minimum absolute atomic E-state index is 0.158. The molecule has 118 valence electrons. The monoisotopic (exact) mass is 381 g/mol. The first-order valence-electron chi connectivity index (χ1n) is 7.19. The molecule has 2 aromatic carbocycles. The number of hydrogen-bond acceptors (Lipinski definition) is 3. The van der Waals surface area contributed by atoms with Gasteiger partial charge in [0.1, 0.15) is 0 Å². The largest absolute Gasteiger partial charge is 0.289 e. The lowest BCUT2D eigenvalue weighted by Gasteiger charge is -2.13. The number of imide groups is 1. The van der Waals surface area contributed by atoms with Crippen molar-refractivity contribution in [3.8, 4) is 0 Å². The van der Waals surface area contributed by atoms with E-state index in [0.717, 1.165) is 14.9 Å². The van der Waals surface area contributed by atoms with Crippen LogP contribution < -0.4 is 4.90 Å². The molecular formula is C19H12BrNO3. The first kappa shape index (κ1) is 16.1. The van der Waals surface area contributed by atoms with E-state index in [0.29, 0.717) is 11.3 Å². The van der Waals surface area contributed by atoms with E-state index in [2.05, 4.69) is 15.9 Å². The SMILES string of the molecule is O=C(/C=C/c1ccccc1Br)c1ccc(N2C(=O)C=CC2=O)cc1. The van der Waals surface area contributed by atoms with E-state index in [9.17, 15) is 14.4 Å². The number of hydrogen-bond donors (Lipinski definition) is 0. The van der Waals surface area contributed by atoms with E-state index in [1.165, 1.54) is 18.2 Å². The Morgan fingerprint density at radius 3 is 2.17 bits per heavy atom. The van der Waals surface area contributed by atoms with Gasteiger partial charge in [-0.3, -0.25) is 14.4 Å². The van der Waals surface area contributed by atoms with Gasteiger partial charge in [0.2, 0.25) is 0 Å². The van der Waals surface area contributed by atoms with E-state index in [-0.39, 0.29) is 17.6 Å². The van der Waals surface area contributed by atoms with Crippen molar-refractivity contribution < 1.29 is 14.4 Å². The summed E-state index contributed by atoms with van der Waals surface area (Å²) in [5.74, 6) is -0.921. The molecule has 2 amide bonds. The Labute approximate surface area is 147 Å². The molecule has 1 aliphatic rings. The molecule has 4 nitrogen and oxygen atoms in total. The molecule has 0 saturated carbocycles. The normalized spacial score (nSPS) is 14.0. The lowest BCUT2D eigenvalue weighted by molar-refractivity contribution is -0.119. The summed E-state index contributed by atoms with van der Waals surface area (Å²) in [7, 11) is 0. The predicted octanol–water partition coefficient (Wildman–Crippen LogP) is 3.77. The lowest BCUT2D eigenvalue weighted by atomic mass is 10.1. The summed E-state index contributed by atoms with van der Waals surface area (Å²) in [4.78, 5) is 36.6. The van der Waals surface area contributed by atoms with Crippen LogP contribution in [0.5, 0.6) is 0 Å². The Kier molecular flexibility index (Phi) is 4.53. The van der Waals surface area contributed by atoms with Crippen LogP contribution in [0, 0.1) is 0 Å². The van der Waals surface area contributed by atoms with Crippen LogP contribution in [-0.2, 0) is 9.59 Å². The minimum atomic E-state index is -0.382. The van der Waals surface area contributed by atoms with Crippen molar-refractivity contribution in [2.45, 2.75) is 0 Å². The fraction of sp³-hybridized carbons (Fsp3) is 0. The highest BCUT2D eigenvalue weighted by atomic mass is 79.9. The lowest BCUT2D eigenvalue weighted by Crippen LogP contribution is -2.29. The molecule has 0 N–H and O–H groups in total. The number of anilines is 1. The third-order valence-electron chi connectivity index (χ3n) is 3.54. The molecule has 2 aromatic rings. The van der Waals surface area contributed by atoms with Crippen molar-refractivity contribution in [1.82, 2.24) is 0 Å². The second-order valence-electron chi connectivity index (χ2n) is 5.11. The summed E-state index contributed by atoms with van der Waals surface area (Å²) in [6, 6.07) is 14.0. The molecule has 0 bridgehead atoms. The average molecular weight is 382 g/mol. The van der Waals surface area contributed by atoms with Crippen LogP contribution in [-0.4, -0.2) is 17.6 Å². The third-order valence-corrected chi connectivity index (χ3v) is 4.26. The Morgan fingerprint density at radius 2 is 1.54 bits per heavy atom. The van der Waals surface area contributed by atoms with Crippen LogP contribution in [0.25, 0.3) is 6.08 Å². The summed E-state index contributed by atoms with van der Waals surface area (Å²) < 4.78 is 0.906. The van der Waals surface area contributed by atoms with Gasteiger partial charge in [0.05, 0.1) is 5.69 Å². The average Bonchev–Trinajstić information content (AvgIpc) is 2.93. The summed E-state index contributed by atoms with van der Waals surface area (Å²) in [6.45, 7) is 0. The molecular weight excluding hydrogens is 370 g/mol. The van der Waals surface area contributed by atoms with Gasteiger partial charge in [0, 0.05) is 22.2 Å². The highest BCUT2D eigenvalue weighted by Gasteiger charge is 2.24. The van der Waals surface area contributed by atoms with Gasteiger partial charge in [-0.15, -0.1) is 0 Å². The summed E-state index contributed by atoms with van der Waals surface area (Å²) in [6.07, 6.45) is 5.67. The highest BCUT2D eigenvalue weighted by Crippen LogP contribution is 2.21. The number of amides is 2. The van der Waals surface area contributed by atoms with E-state index >= 15 is 0 Å². The maximum Gasteiger partial charge on any atom is 0.258 e. The molecule has 0 radical (unpaired) electrons. The highest BCUT2D eigenvalue weighted by molar-refractivity contribution is 9.10. The Bertz CT molecular complexity index is 864. The molecule has 5 heteroatoms. The van der Waals surface area contributed by atoms with Crippen LogP contribution in [0.3, 0.4) is 0 Å². The van der Waals surface area contributed by atoms with Crippen molar-refractivity contribution in [3.63, 3.8) is 0 Å². The van der Waals surface area contributed by atoms with Gasteiger partial charge < -0.3 is 0 Å².